The number of rotatable bonds is 8. The third kappa shape index (κ3) is 4.08. The Kier molecular flexibility index (Phi) is 5.83. The van der Waals surface area contributed by atoms with Crippen LogP contribution >= 0.6 is 0 Å². The molecule has 0 radical (unpaired) electrons. The normalized spacial score (nSPS) is 17.5. The third-order valence-corrected chi connectivity index (χ3v) is 4.63. The minimum absolute atomic E-state index is 0.192. The van der Waals surface area contributed by atoms with Crippen LogP contribution in [0.4, 0.5) is 0 Å². The second-order valence-electron chi connectivity index (χ2n) is 6.72. The smallest absolute Gasteiger partial charge is 0.0820 e. The molecular weight excluding hydrogens is 258 g/mol. The highest BCUT2D eigenvalue weighted by Gasteiger charge is 2.31. The standard InChI is InChI=1S/C19H31NO/c1-5-13-20-18(19(3,4)21-6-2)17-12-8-11-16(14-17)15-9-7-10-15/h8,11-12,14-15,18,20H,5-7,9-10,13H2,1-4H3. The summed E-state index contributed by atoms with van der Waals surface area (Å²) in [6, 6.07) is 9.40. The molecule has 1 atom stereocenters. The van der Waals surface area contributed by atoms with Crippen LogP contribution in [0.2, 0.25) is 0 Å². The molecule has 0 bridgehead atoms. The van der Waals surface area contributed by atoms with E-state index in [4.69, 9.17) is 4.74 Å². The summed E-state index contributed by atoms with van der Waals surface area (Å²) in [7, 11) is 0. The summed E-state index contributed by atoms with van der Waals surface area (Å²) in [5.41, 5.74) is 2.68. The van der Waals surface area contributed by atoms with Crippen molar-refractivity contribution in [1.29, 1.82) is 0 Å². The van der Waals surface area contributed by atoms with Crippen molar-refractivity contribution >= 4 is 0 Å². The second-order valence-corrected chi connectivity index (χ2v) is 6.72. The molecule has 0 aromatic heterocycles. The van der Waals surface area contributed by atoms with Gasteiger partial charge < -0.3 is 10.1 Å². The molecule has 1 aliphatic carbocycles. The first kappa shape index (κ1) is 16.5. The van der Waals surface area contributed by atoms with Crippen molar-refractivity contribution in [3.05, 3.63) is 35.4 Å². The van der Waals surface area contributed by atoms with E-state index in [2.05, 4.69) is 57.3 Å². The number of ether oxygens (including phenoxy) is 1. The van der Waals surface area contributed by atoms with Crippen LogP contribution in [0.15, 0.2) is 24.3 Å². The average molecular weight is 289 g/mol. The van der Waals surface area contributed by atoms with Crippen LogP contribution in [0.3, 0.4) is 0 Å². The molecule has 21 heavy (non-hydrogen) atoms. The monoisotopic (exact) mass is 289 g/mol. The van der Waals surface area contributed by atoms with Gasteiger partial charge in [0, 0.05) is 6.61 Å². The molecule has 2 nitrogen and oxygen atoms in total. The van der Waals surface area contributed by atoms with Crippen molar-refractivity contribution in [2.24, 2.45) is 0 Å². The lowest BCUT2D eigenvalue weighted by Gasteiger charge is -2.36. The van der Waals surface area contributed by atoms with E-state index in [1.807, 2.05) is 0 Å². The molecule has 2 rings (SSSR count). The van der Waals surface area contributed by atoms with Crippen molar-refractivity contribution in [3.8, 4) is 0 Å². The first-order valence-electron chi connectivity index (χ1n) is 8.55. The maximum atomic E-state index is 6.02. The van der Waals surface area contributed by atoms with Gasteiger partial charge in [-0.25, -0.2) is 0 Å². The largest absolute Gasteiger partial charge is 0.374 e. The maximum Gasteiger partial charge on any atom is 0.0820 e. The summed E-state index contributed by atoms with van der Waals surface area (Å²) in [6.07, 6.45) is 5.23. The lowest BCUT2D eigenvalue weighted by atomic mass is 9.78. The Bertz CT molecular complexity index is 437. The topological polar surface area (TPSA) is 21.3 Å². The Morgan fingerprint density at radius 3 is 2.62 bits per heavy atom. The van der Waals surface area contributed by atoms with Crippen LogP contribution in [0, 0.1) is 0 Å². The Labute approximate surface area is 130 Å². The number of nitrogens with one attached hydrogen (secondary N) is 1. The third-order valence-electron chi connectivity index (χ3n) is 4.63. The van der Waals surface area contributed by atoms with E-state index < -0.39 is 0 Å². The van der Waals surface area contributed by atoms with Crippen molar-refractivity contribution in [2.75, 3.05) is 13.2 Å². The van der Waals surface area contributed by atoms with Gasteiger partial charge >= 0.3 is 0 Å². The summed E-state index contributed by atoms with van der Waals surface area (Å²) < 4.78 is 6.02. The Morgan fingerprint density at radius 2 is 2.05 bits per heavy atom. The molecule has 1 aromatic rings. The molecular formula is C19H31NO. The highest BCUT2D eigenvalue weighted by Crippen LogP contribution is 2.38. The zero-order valence-corrected chi connectivity index (χ0v) is 14.1. The molecule has 1 aromatic carbocycles. The maximum absolute atomic E-state index is 6.02. The van der Waals surface area contributed by atoms with Gasteiger partial charge in [0.05, 0.1) is 11.6 Å². The van der Waals surface area contributed by atoms with Crippen LogP contribution in [-0.4, -0.2) is 18.8 Å². The highest BCUT2D eigenvalue weighted by atomic mass is 16.5. The fraction of sp³-hybridized carbons (Fsp3) is 0.684. The first-order valence-corrected chi connectivity index (χ1v) is 8.55. The van der Waals surface area contributed by atoms with Gasteiger partial charge in [0.25, 0.3) is 0 Å². The summed E-state index contributed by atoms with van der Waals surface area (Å²) in [5.74, 6) is 0.784. The van der Waals surface area contributed by atoms with Crippen LogP contribution in [0.5, 0.6) is 0 Å². The van der Waals surface area contributed by atoms with Gasteiger partial charge in [-0.1, -0.05) is 37.6 Å². The highest BCUT2D eigenvalue weighted by molar-refractivity contribution is 5.31. The van der Waals surface area contributed by atoms with Crippen LogP contribution in [0.1, 0.15) is 76.5 Å². The molecule has 118 valence electrons. The molecule has 2 heteroatoms. The van der Waals surface area contributed by atoms with E-state index in [0.29, 0.717) is 0 Å². The van der Waals surface area contributed by atoms with Crippen LogP contribution < -0.4 is 5.32 Å². The van der Waals surface area contributed by atoms with E-state index >= 15 is 0 Å². The van der Waals surface area contributed by atoms with Gasteiger partial charge in [-0.3, -0.25) is 0 Å². The van der Waals surface area contributed by atoms with Gasteiger partial charge in [-0.05, 0) is 63.6 Å². The fourth-order valence-electron chi connectivity index (χ4n) is 3.24. The Hall–Kier alpha value is -0.860. The minimum Gasteiger partial charge on any atom is -0.374 e. The van der Waals surface area contributed by atoms with E-state index in [-0.39, 0.29) is 11.6 Å². The predicted molar refractivity (Wildman–Crippen MR) is 89.8 cm³/mol. The summed E-state index contributed by atoms with van der Waals surface area (Å²) in [4.78, 5) is 0. The second kappa shape index (κ2) is 7.42. The van der Waals surface area contributed by atoms with E-state index in [1.54, 1.807) is 0 Å². The van der Waals surface area contributed by atoms with Crippen molar-refractivity contribution in [2.45, 2.75) is 70.9 Å². The first-order chi connectivity index (χ1) is 10.1. The number of benzene rings is 1. The van der Waals surface area contributed by atoms with Crippen molar-refractivity contribution in [3.63, 3.8) is 0 Å². The molecule has 0 spiro atoms. The van der Waals surface area contributed by atoms with Crippen LogP contribution in [-0.2, 0) is 4.74 Å². The molecule has 1 fully saturated rings. The fourth-order valence-corrected chi connectivity index (χ4v) is 3.24. The number of hydrogen-bond donors (Lipinski definition) is 1. The molecule has 1 N–H and O–H groups in total. The Morgan fingerprint density at radius 1 is 1.29 bits per heavy atom. The molecule has 0 aliphatic heterocycles. The Balaban J connectivity index is 2.22. The molecule has 1 saturated carbocycles. The zero-order chi connectivity index (χ0) is 15.3. The van der Waals surface area contributed by atoms with E-state index in [0.717, 1.165) is 25.5 Å². The lowest BCUT2D eigenvalue weighted by Crippen LogP contribution is -2.42. The minimum atomic E-state index is -0.192. The zero-order valence-electron chi connectivity index (χ0n) is 14.1. The van der Waals surface area contributed by atoms with E-state index in [1.165, 1.54) is 30.4 Å². The van der Waals surface area contributed by atoms with Gasteiger partial charge in [-0.15, -0.1) is 0 Å². The average Bonchev–Trinajstić information content (AvgIpc) is 2.37. The van der Waals surface area contributed by atoms with Crippen molar-refractivity contribution in [1.82, 2.24) is 5.32 Å². The molecule has 1 aliphatic rings. The van der Waals surface area contributed by atoms with Gasteiger partial charge in [-0.2, -0.15) is 0 Å². The van der Waals surface area contributed by atoms with Crippen molar-refractivity contribution < 1.29 is 4.74 Å². The van der Waals surface area contributed by atoms with Gasteiger partial charge in [0.2, 0.25) is 0 Å². The summed E-state index contributed by atoms with van der Waals surface area (Å²) >= 11 is 0. The quantitative estimate of drug-likeness (QED) is 0.741. The van der Waals surface area contributed by atoms with Gasteiger partial charge in [0.15, 0.2) is 0 Å². The summed E-state index contributed by atoms with van der Waals surface area (Å²) in [5, 5.41) is 3.69. The van der Waals surface area contributed by atoms with E-state index in [9.17, 15) is 0 Å². The van der Waals surface area contributed by atoms with Gasteiger partial charge in [0.1, 0.15) is 0 Å². The van der Waals surface area contributed by atoms with Crippen LogP contribution in [0.25, 0.3) is 0 Å². The molecule has 0 saturated heterocycles. The SMILES string of the molecule is CCCNC(c1cccc(C2CCC2)c1)C(C)(C)OCC. The molecule has 0 amide bonds. The molecule has 0 heterocycles. The molecule has 1 unspecified atom stereocenters. The summed E-state index contributed by atoms with van der Waals surface area (Å²) in [6.45, 7) is 10.4. The lowest BCUT2D eigenvalue weighted by molar-refractivity contribution is -0.0391. The number of hydrogen-bond acceptors (Lipinski definition) is 2. The predicted octanol–water partition coefficient (Wildman–Crippen LogP) is 4.81.